The highest BCUT2D eigenvalue weighted by Crippen LogP contribution is 2.49. The zero-order chi connectivity index (χ0) is 38.6. The van der Waals surface area contributed by atoms with E-state index in [1.165, 1.54) is 22.3 Å². The van der Waals surface area contributed by atoms with Gasteiger partial charge >= 0.3 is 0 Å². The van der Waals surface area contributed by atoms with Crippen LogP contribution >= 0.6 is 7.14 Å². The van der Waals surface area contributed by atoms with E-state index in [-0.39, 0.29) is 27.7 Å². The van der Waals surface area contributed by atoms with Crippen molar-refractivity contribution in [1.29, 1.82) is 0 Å². The number of ether oxygens (including phenoxy) is 1. The predicted octanol–water partition coefficient (Wildman–Crippen LogP) is 11.7. The van der Waals surface area contributed by atoms with Crippen LogP contribution in [0.4, 0.5) is 0 Å². The topological polar surface area (TPSA) is 38.7 Å². The maximum absolute atomic E-state index is 17.1. The Morgan fingerprint density at radius 2 is 0.906 bits per heavy atom. The summed E-state index contributed by atoms with van der Waals surface area (Å²) in [5, 5.41) is 2.55. The molecule has 0 radical (unpaired) electrons. The Labute approximate surface area is 319 Å². The first-order valence-corrected chi connectivity index (χ1v) is 20.8. The molecule has 1 aliphatic heterocycles. The average Bonchev–Trinajstić information content (AvgIpc) is 3.60. The van der Waals surface area contributed by atoms with Crippen molar-refractivity contribution in [3.05, 3.63) is 149 Å². The summed E-state index contributed by atoms with van der Waals surface area (Å²) in [5.41, 5.74) is 8.06. The van der Waals surface area contributed by atoms with E-state index in [1.54, 1.807) is 0 Å². The van der Waals surface area contributed by atoms with Crippen LogP contribution < -0.4 is 15.9 Å². The largest absolute Gasteiger partial charge is 0.475 e. The van der Waals surface area contributed by atoms with Crippen LogP contribution in [-0.4, -0.2) is 12.5 Å². The summed E-state index contributed by atoms with van der Waals surface area (Å²) < 4.78 is 23.5. The standard InChI is InChI=1S/C49H58NO2P/c1-46(2,3)34-26-35(47(4,5)6)29-38(28-34)53(51,39-30-36(48(7,8)9)27-37(31-39)49(10,11)12)44-25-19-18-23-41(44)40-22-16-17-24-42(40)45-50-43(32-52-45)33-20-14-13-15-21-33/h13-31,43H,32H2,1-12H3/t43-/m1/s1. The molecule has 0 fully saturated rings. The minimum absolute atomic E-state index is 0.0764. The molecule has 5 aromatic rings. The molecular formula is C49H58NO2P. The molecule has 6 rings (SSSR count). The molecule has 0 saturated heterocycles. The molecule has 1 atom stereocenters. The molecule has 0 spiro atoms. The summed E-state index contributed by atoms with van der Waals surface area (Å²) in [7, 11) is -3.56. The first kappa shape index (κ1) is 38.5. The molecule has 1 aliphatic rings. The zero-order valence-electron chi connectivity index (χ0n) is 34.0. The molecule has 3 nitrogen and oxygen atoms in total. The lowest BCUT2D eigenvalue weighted by molar-refractivity contribution is 0.320. The van der Waals surface area contributed by atoms with Crippen molar-refractivity contribution in [2.75, 3.05) is 6.61 Å². The molecule has 0 aromatic heterocycles. The fourth-order valence-electron chi connectivity index (χ4n) is 6.99. The van der Waals surface area contributed by atoms with Gasteiger partial charge in [0, 0.05) is 21.5 Å². The summed E-state index contributed by atoms with van der Waals surface area (Å²) in [6.45, 7) is 27.4. The summed E-state index contributed by atoms with van der Waals surface area (Å²) in [4.78, 5) is 5.10. The number of rotatable bonds is 6. The summed E-state index contributed by atoms with van der Waals surface area (Å²) in [6, 6.07) is 40.4. The number of hydrogen-bond donors (Lipinski definition) is 0. The van der Waals surface area contributed by atoms with Crippen LogP contribution in [0.2, 0.25) is 0 Å². The minimum atomic E-state index is -3.56. The quantitative estimate of drug-likeness (QED) is 0.164. The maximum Gasteiger partial charge on any atom is 0.217 e. The molecule has 4 heteroatoms. The third kappa shape index (κ3) is 7.88. The monoisotopic (exact) mass is 723 g/mol. The number of nitrogens with zero attached hydrogens (tertiary/aromatic N) is 1. The predicted molar refractivity (Wildman–Crippen MR) is 228 cm³/mol. The van der Waals surface area contributed by atoms with Gasteiger partial charge in [0.1, 0.15) is 12.6 Å². The van der Waals surface area contributed by atoms with Crippen LogP contribution in [0.5, 0.6) is 0 Å². The van der Waals surface area contributed by atoms with Crippen molar-refractivity contribution in [2.45, 2.75) is 111 Å². The van der Waals surface area contributed by atoms with E-state index in [0.717, 1.165) is 38.2 Å². The fraction of sp³-hybridized carbons (Fsp3) is 0.367. The SMILES string of the molecule is CC(C)(C)c1cc(C(C)(C)C)cc(P(=O)(c2cc(C(C)(C)C)cc(C(C)(C)C)c2)c2ccccc2-c2ccccc2C2=N[C@@H](c3ccccc3)CO2)c1. The summed E-state index contributed by atoms with van der Waals surface area (Å²) in [6.07, 6.45) is 0. The Balaban J connectivity index is 1.69. The third-order valence-corrected chi connectivity index (χ3v) is 13.6. The van der Waals surface area contributed by atoms with E-state index in [4.69, 9.17) is 9.73 Å². The van der Waals surface area contributed by atoms with Crippen molar-refractivity contribution >= 4 is 29.0 Å². The molecule has 0 saturated carbocycles. The third-order valence-electron chi connectivity index (χ3n) is 10.6. The normalized spacial score (nSPS) is 15.6. The second-order valence-electron chi connectivity index (χ2n) is 18.9. The lowest BCUT2D eigenvalue weighted by atomic mass is 9.81. The van der Waals surface area contributed by atoms with Gasteiger partial charge in [-0.2, -0.15) is 0 Å². The van der Waals surface area contributed by atoms with E-state index < -0.39 is 7.14 Å². The number of aliphatic imine (C=N–C) groups is 1. The van der Waals surface area contributed by atoms with Crippen molar-refractivity contribution < 1.29 is 9.30 Å². The van der Waals surface area contributed by atoms with E-state index in [0.29, 0.717) is 12.5 Å². The molecule has 0 amide bonds. The van der Waals surface area contributed by atoms with Gasteiger partial charge in [0.2, 0.25) is 5.90 Å². The molecule has 0 aliphatic carbocycles. The molecule has 1 heterocycles. The molecule has 0 unspecified atom stereocenters. The van der Waals surface area contributed by atoms with Gasteiger partial charge in [0.05, 0.1) is 0 Å². The van der Waals surface area contributed by atoms with Gasteiger partial charge in [-0.25, -0.2) is 4.99 Å². The molecule has 5 aromatic carbocycles. The van der Waals surface area contributed by atoms with Crippen LogP contribution in [0.25, 0.3) is 11.1 Å². The molecule has 276 valence electrons. The van der Waals surface area contributed by atoms with E-state index in [2.05, 4.69) is 168 Å². The van der Waals surface area contributed by atoms with Crippen molar-refractivity contribution in [3.63, 3.8) is 0 Å². The van der Waals surface area contributed by atoms with Gasteiger partial charge in [-0.3, -0.25) is 0 Å². The molecular weight excluding hydrogens is 666 g/mol. The van der Waals surface area contributed by atoms with Crippen molar-refractivity contribution in [2.24, 2.45) is 4.99 Å². The fourth-order valence-corrected chi connectivity index (χ4v) is 9.96. The summed E-state index contributed by atoms with van der Waals surface area (Å²) in [5.74, 6) is 0.619. The van der Waals surface area contributed by atoms with Gasteiger partial charge in [-0.1, -0.05) is 168 Å². The van der Waals surface area contributed by atoms with Crippen LogP contribution in [0, 0.1) is 0 Å². The van der Waals surface area contributed by atoms with E-state index in [1.807, 2.05) is 30.3 Å². The van der Waals surface area contributed by atoms with Gasteiger partial charge in [-0.05, 0) is 90.9 Å². The molecule has 0 bridgehead atoms. The number of hydrogen-bond acceptors (Lipinski definition) is 3. The number of benzene rings is 5. The highest BCUT2D eigenvalue weighted by molar-refractivity contribution is 7.85. The highest BCUT2D eigenvalue weighted by Gasteiger charge is 2.37. The highest BCUT2D eigenvalue weighted by atomic mass is 31.2. The van der Waals surface area contributed by atoms with Gasteiger partial charge in [-0.15, -0.1) is 0 Å². The van der Waals surface area contributed by atoms with Gasteiger partial charge in [0.15, 0.2) is 7.14 Å². The average molecular weight is 724 g/mol. The maximum atomic E-state index is 17.1. The Kier molecular flexibility index (Phi) is 10.1. The van der Waals surface area contributed by atoms with E-state index >= 15 is 4.57 Å². The van der Waals surface area contributed by atoms with Gasteiger partial charge in [0.25, 0.3) is 0 Å². The lowest BCUT2D eigenvalue weighted by Gasteiger charge is -2.32. The first-order chi connectivity index (χ1) is 24.7. The van der Waals surface area contributed by atoms with Crippen LogP contribution in [0.1, 0.15) is 123 Å². The lowest BCUT2D eigenvalue weighted by Crippen LogP contribution is -2.31. The smallest absolute Gasteiger partial charge is 0.217 e. The van der Waals surface area contributed by atoms with Crippen LogP contribution in [0.3, 0.4) is 0 Å². The first-order valence-electron chi connectivity index (χ1n) is 19.1. The van der Waals surface area contributed by atoms with Crippen LogP contribution in [0.15, 0.2) is 120 Å². The Bertz CT molecular complexity index is 2060. The molecule has 53 heavy (non-hydrogen) atoms. The Hall–Kier alpha value is -4.20. The molecule has 0 N–H and O–H groups in total. The second-order valence-corrected chi connectivity index (χ2v) is 21.6. The minimum Gasteiger partial charge on any atom is -0.475 e. The van der Waals surface area contributed by atoms with Gasteiger partial charge < -0.3 is 9.30 Å². The van der Waals surface area contributed by atoms with Crippen molar-refractivity contribution in [1.82, 2.24) is 0 Å². The Morgan fingerprint density at radius 3 is 1.36 bits per heavy atom. The van der Waals surface area contributed by atoms with Crippen LogP contribution in [-0.2, 0) is 31.0 Å². The Morgan fingerprint density at radius 1 is 0.509 bits per heavy atom. The van der Waals surface area contributed by atoms with Crippen molar-refractivity contribution in [3.8, 4) is 11.1 Å². The summed E-state index contributed by atoms with van der Waals surface area (Å²) >= 11 is 0. The van der Waals surface area contributed by atoms with E-state index in [9.17, 15) is 0 Å². The second kappa shape index (κ2) is 13.9. The zero-order valence-corrected chi connectivity index (χ0v) is 34.9.